The van der Waals surface area contributed by atoms with E-state index in [1.807, 2.05) is 6.92 Å². The van der Waals surface area contributed by atoms with Crippen molar-refractivity contribution in [1.29, 1.82) is 0 Å². The predicted octanol–water partition coefficient (Wildman–Crippen LogP) is -0.693. The Balaban J connectivity index is 1.93. The van der Waals surface area contributed by atoms with Crippen LogP contribution in [0.5, 0.6) is 5.88 Å². The molecule has 1 aromatic rings. The van der Waals surface area contributed by atoms with Crippen LogP contribution in [-0.4, -0.2) is 35.0 Å². The highest BCUT2D eigenvalue weighted by Crippen LogP contribution is 2.36. The van der Waals surface area contributed by atoms with Crippen LogP contribution in [-0.2, 0) is 9.59 Å². The van der Waals surface area contributed by atoms with Crippen molar-refractivity contribution in [3.63, 3.8) is 0 Å². The van der Waals surface area contributed by atoms with Gasteiger partial charge in [0.05, 0.1) is 6.04 Å². The van der Waals surface area contributed by atoms with Gasteiger partial charge in [0.25, 0.3) is 5.91 Å². The Hall–Kier alpha value is -2.15. The summed E-state index contributed by atoms with van der Waals surface area (Å²) in [6.07, 6.45) is 0.212. The van der Waals surface area contributed by atoms with Crippen molar-refractivity contribution in [2.75, 3.05) is 11.9 Å². The number of nitrogens with two attached hydrogens (primary N) is 1. The van der Waals surface area contributed by atoms with E-state index in [0.29, 0.717) is 11.6 Å². The zero-order chi connectivity index (χ0) is 13.6. The summed E-state index contributed by atoms with van der Waals surface area (Å²) in [7, 11) is 0. The molecule has 1 unspecified atom stereocenters. The number of primary amides is 1. The first-order chi connectivity index (χ1) is 9.00. The summed E-state index contributed by atoms with van der Waals surface area (Å²) in [5.74, 6) is -0.385. The molecule has 1 spiro atoms. The summed E-state index contributed by atoms with van der Waals surface area (Å²) < 4.78 is 5.76. The molecule has 3 rings (SSSR count). The fourth-order valence-electron chi connectivity index (χ4n) is 2.39. The molecule has 19 heavy (non-hydrogen) atoms. The van der Waals surface area contributed by atoms with Crippen LogP contribution in [0.15, 0.2) is 12.1 Å². The molecule has 1 aromatic heterocycles. The van der Waals surface area contributed by atoms with E-state index in [1.165, 1.54) is 0 Å². The molecule has 0 aromatic carbocycles. The fraction of sp³-hybridized carbons (Fsp3) is 0.417. The zero-order valence-corrected chi connectivity index (χ0v) is 10.4. The maximum Gasteiger partial charge on any atom is 0.270 e. The van der Waals surface area contributed by atoms with Gasteiger partial charge in [-0.1, -0.05) is 0 Å². The highest BCUT2D eigenvalue weighted by molar-refractivity contribution is 6.01. The normalized spacial score (nSPS) is 28.7. The number of nitrogens with one attached hydrogen (secondary N) is 2. The van der Waals surface area contributed by atoms with Crippen molar-refractivity contribution < 1.29 is 14.3 Å². The molecule has 0 radical (unpaired) electrons. The third-order valence-electron chi connectivity index (χ3n) is 3.46. The highest BCUT2D eigenvalue weighted by atomic mass is 16.5. The number of aryl methyl sites for hydroxylation is 1. The van der Waals surface area contributed by atoms with Crippen LogP contribution in [0.3, 0.4) is 0 Å². The predicted molar refractivity (Wildman–Crippen MR) is 66.6 cm³/mol. The van der Waals surface area contributed by atoms with Gasteiger partial charge >= 0.3 is 0 Å². The number of nitrogens with zero attached hydrogens (tertiary/aromatic N) is 1. The number of carbonyl (C=O) groups excluding carboxylic acids is 2. The van der Waals surface area contributed by atoms with Crippen molar-refractivity contribution in [1.82, 2.24) is 10.3 Å². The molecule has 2 aliphatic rings. The van der Waals surface area contributed by atoms with Crippen LogP contribution < -0.4 is 21.1 Å². The van der Waals surface area contributed by atoms with E-state index in [2.05, 4.69) is 15.6 Å². The Labute approximate surface area is 109 Å². The molecule has 100 valence electrons. The number of amides is 2. The van der Waals surface area contributed by atoms with Gasteiger partial charge in [0.15, 0.2) is 0 Å². The van der Waals surface area contributed by atoms with Crippen molar-refractivity contribution in [2.24, 2.45) is 5.73 Å². The van der Waals surface area contributed by atoms with Crippen LogP contribution in [0.1, 0.15) is 12.1 Å². The van der Waals surface area contributed by atoms with Crippen molar-refractivity contribution in [3.05, 3.63) is 17.8 Å². The minimum atomic E-state index is -1.10. The minimum Gasteiger partial charge on any atom is -0.458 e. The monoisotopic (exact) mass is 262 g/mol. The molecule has 7 nitrogen and oxygen atoms in total. The average Bonchev–Trinajstić information content (AvgIpc) is 2.77. The van der Waals surface area contributed by atoms with Gasteiger partial charge in [-0.15, -0.1) is 0 Å². The number of pyridine rings is 1. The second-order valence-electron chi connectivity index (χ2n) is 4.90. The summed E-state index contributed by atoms with van der Waals surface area (Å²) in [5.41, 5.74) is 5.48. The lowest BCUT2D eigenvalue weighted by molar-refractivity contribution is -0.131. The molecular formula is C12H14N4O3. The van der Waals surface area contributed by atoms with Gasteiger partial charge in [-0.3, -0.25) is 9.59 Å². The Morgan fingerprint density at radius 2 is 2.37 bits per heavy atom. The third-order valence-corrected chi connectivity index (χ3v) is 3.46. The van der Waals surface area contributed by atoms with Gasteiger partial charge in [0.1, 0.15) is 5.69 Å². The average molecular weight is 262 g/mol. The number of rotatable bonds is 1. The van der Waals surface area contributed by atoms with E-state index in [-0.39, 0.29) is 18.9 Å². The molecule has 1 saturated heterocycles. The number of anilines is 1. The lowest BCUT2D eigenvalue weighted by atomic mass is 9.97. The van der Waals surface area contributed by atoms with Gasteiger partial charge in [0.2, 0.25) is 17.4 Å². The maximum atomic E-state index is 12.2. The van der Waals surface area contributed by atoms with Crippen LogP contribution in [0.4, 0.5) is 5.69 Å². The molecule has 4 N–H and O–H groups in total. The fourth-order valence-corrected chi connectivity index (χ4v) is 2.39. The van der Waals surface area contributed by atoms with Crippen LogP contribution in [0.2, 0.25) is 0 Å². The molecule has 7 heteroatoms. The van der Waals surface area contributed by atoms with E-state index in [0.717, 1.165) is 5.69 Å². The summed E-state index contributed by atoms with van der Waals surface area (Å²) in [4.78, 5) is 27.6. The van der Waals surface area contributed by atoms with Crippen LogP contribution in [0, 0.1) is 6.92 Å². The number of aromatic nitrogens is 1. The standard InChI is InChI=1S/C12H14N4O3/c1-6-2-3-7-10(15-6)19-12(11(18)16-7)4-8(9(13)17)14-5-12/h2-3,8,14H,4-5H2,1H3,(H2,13,17)(H,16,18)/t8-,12?/m0/s1. The first kappa shape index (κ1) is 11.9. The van der Waals surface area contributed by atoms with Gasteiger partial charge in [-0.25, -0.2) is 4.98 Å². The van der Waals surface area contributed by atoms with E-state index in [9.17, 15) is 9.59 Å². The molecule has 0 saturated carbocycles. The van der Waals surface area contributed by atoms with E-state index in [1.54, 1.807) is 12.1 Å². The molecule has 1 fully saturated rings. The minimum absolute atomic E-state index is 0.212. The third kappa shape index (κ3) is 1.82. The second-order valence-corrected chi connectivity index (χ2v) is 4.90. The number of hydrogen-bond acceptors (Lipinski definition) is 5. The Morgan fingerprint density at radius 1 is 1.58 bits per heavy atom. The quantitative estimate of drug-likeness (QED) is 0.621. The molecule has 2 amide bonds. The first-order valence-electron chi connectivity index (χ1n) is 6.01. The van der Waals surface area contributed by atoms with Gasteiger partial charge < -0.3 is 21.1 Å². The highest BCUT2D eigenvalue weighted by Gasteiger charge is 2.52. The van der Waals surface area contributed by atoms with E-state index < -0.39 is 17.6 Å². The van der Waals surface area contributed by atoms with Crippen molar-refractivity contribution in [3.8, 4) is 5.88 Å². The second kappa shape index (κ2) is 3.92. The lowest BCUT2D eigenvalue weighted by Crippen LogP contribution is -2.52. The van der Waals surface area contributed by atoms with Crippen LogP contribution >= 0.6 is 0 Å². The summed E-state index contributed by atoms with van der Waals surface area (Å²) >= 11 is 0. The zero-order valence-electron chi connectivity index (χ0n) is 10.4. The molecular weight excluding hydrogens is 248 g/mol. The number of ether oxygens (including phenoxy) is 1. The summed E-state index contributed by atoms with van der Waals surface area (Å²) in [6, 6.07) is 2.98. The smallest absolute Gasteiger partial charge is 0.270 e. The molecule has 0 bridgehead atoms. The number of fused-ring (bicyclic) bond motifs is 1. The van der Waals surface area contributed by atoms with Gasteiger partial charge in [-0.2, -0.15) is 0 Å². The van der Waals surface area contributed by atoms with Crippen molar-refractivity contribution >= 4 is 17.5 Å². The Morgan fingerprint density at radius 3 is 3.05 bits per heavy atom. The van der Waals surface area contributed by atoms with Crippen molar-refractivity contribution in [2.45, 2.75) is 25.0 Å². The summed E-state index contributed by atoms with van der Waals surface area (Å²) in [5, 5.41) is 5.67. The van der Waals surface area contributed by atoms with Crippen LogP contribution in [0.25, 0.3) is 0 Å². The molecule has 2 aliphatic heterocycles. The molecule has 2 atom stereocenters. The van der Waals surface area contributed by atoms with E-state index in [4.69, 9.17) is 10.5 Å². The molecule has 0 aliphatic carbocycles. The van der Waals surface area contributed by atoms with Gasteiger partial charge in [0, 0.05) is 18.7 Å². The first-order valence-corrected chi connectivity index (χ1v) is 6.01. The summed E-state index contributed by atoms with van der Waals surface area (Å²) in [6.45, 7) is 2.08. The largest absolute Gasteiger partial charge is 0.458 e. The van der Waals surface area contributed by atoms with E-state index >= 15 is 0 Å². The Kier molecular flexibility index (Phi) is 2.46. The number of carbonyl (C=O) groups is 2. The lowest BCUT2D eigenvalue weighted by Gasteiger charge is -2.33. The number of hydrogen-bond donors (Lipinski definition) is 3. The Bertz CT molecular complexity index is 574. The molecule has 3 heterocycles. The van der Waals surface area contributed by atoms with Gasteiger partial charge in [-0.05, 0) is 19.1 Å². The maximum absolute atomic E-state index is 12.2. The topological polar surface area (TPSA) is 106 Å². The SMILES string of the molecule is Cc1ccc2c(n1)OC1(CN[C@H](C(N)=O)C1)C(=O)N2.